The molecule has 3 N–H and O–H groups in total. The van der Waals surface area contributed by atoms with E-state index < -0.39 is 41.5 Å². The molecule has 0 saturated carbocycles. The van der Waals surface area contributed by atoms with E-state index in [0.717, 1.165) is 0 Å². The summed E-state index contributed by atoms with van der Waals surface area (Å²) in [7, 11) is 1.56. The Balaban J connectivity index is 1.52. The maximum absolute atomic E-state index is 14.1. The molecular formula is C28H32BrN3O6. The van der Waals surface area contributed by atoms with Crippen molar-refractivity contribution in [3.8, 4) is 5.75 Å². The number of aliphatic hydroxyl groups excluding tert-OH is 1. The van der Waals surface area contributed by atoms with Crippen molar-refractivity contribution in [2.24, 2.45) is 17.8 Å². The number of amides is 3. The summed E-state index contributed by atoms with van der Waals surface area (Å²) >= 11 is 3.67. The molecule has 0 radical (unpaired) electrons. The van der Waals surface area contributed by atoms with Crippen molar-refractivity contribution in [3.05, 3.63) is 54.6 Å². The molecule has 3 saturated heterocycles. The van der Waals surface area contributed by atoms with Crippen molar-refractivity contribution in [2.75, 3.05) is 24.4 Å². The first kappa shape index (κ1) is 26.6. The fourth-order valence-electron chi connectivity index (χ4n) is 6.28. The fourth-order valence-corrected chi connectivity index (χ4v) is 7.22. The molecule has 3 unspecified atom stereocenters. The minimum absolute atomic E-state index is 0.135. The highest BCUT2D eigenvalue weighted by molar-refractivity contribution is 9.09. The summed E-state index contributed by atoms with van der Waals surface area (Å²) in [5, 5.41) is 16.2. The van der Waals surface area contributed by atoms with Crippen LogP contribution >= 0.6 is 15.9 Å². The van der Waals surface area contributed by atoms with Crippen molar-refractivity contribution in [2.45, 2.75) is 48.9 Å². The van der Waals surface area contributed by atoms with E-state index in [1.165, 1.54) is 4.90 Å². The van der Waals surface area contributed by atoms with Crippen LogP contribution in [0.4, 0.5) is 11.4 Å². The van der Waals surface area contributed by atoms with Gasteiger partial charge >= 0.3 is 0 Å². The van der Waals surface area contributed by atoms with Gasteiger partial charge in [-0.3, -0.25) is 14.4 Å². The summed E-state index contributed by atoms with van der Waals surface area (Å²) in [5.41, 5.74) is -0.0607. The minimum Gasteiger partial charge on any atom is -0.497 e. The molecule has 3 amide bonds. The van der Waals surface area contributed by atoms with E-state index in [1.807, 2.05) is 32.0 Å². The predicted octanol–water partition coefficient (Wildman–Crippen LogP) is 3.04. The van der Waals surface area contributed by atoms with E-state index in [9.17, 15) is 19.5 Å². The van der Waals surface area contributed by atoms with Crippen LogP contribution in [-0.4, -0.2) is 70.1 Å². The molecule has 0 aliphatic carbocycles. The van der Waals surface area contributed by atoms with Gasteiger partial charge in [-0.15, -0.1) is 0 Å². The normalized spacial score (nSPS) is 30.3. The first-order chi connectivity index (χ1) is 18.2. The number of likely N-dealkylation sites (tertiary alicyclic amines) is 1. The third kappa shape index (κ3) is 4.28. The summed E-state index contributed by atoms with van der Waals surface area (Å²) in [5.74, 6) is -2.24. The Morgan fingerprint density at radius 1 is 1.11 bits per heavy atom. The number of alkyl halides is 1. The monoisotopic (exact) mass is 585 g/mol. The number of rotatable bonds is 8. The van der Waals surface area contributed by atoms with Gasteiger partial charge in [0.25, 0.3) is 0 Å². The molecule has 3 heterocycles. The summed E-state index contributed by atoms with van der Waals surface area (Å²) in [4.78, 5) is 42.9. The highest BCUT2D eigenvalue weighted by Gasteiger charge is 2.77. The van der Waals surface area contributed by atoms with Gasteiger partial charge in [0.05, 0.1) is 37.7 Å². The molecule has 202 valence electrons. The van der Waals surface area contributed by atoms with Crippen LogP contribution in [0.5, 0.6) is 5.75 Å². The highest BCUT2D eigenvalue weighted by Crippen LogP contribution is 2.60. The van der Waals surface area contributed by atoms with E-state index in [1.54, 1.807) is 43.5 Å². The van der Waals surface area contributed by atoms with Crippen molar-refractivity contribution in [1.29, 1.82) is 0 Å². The van der Waals surface area contributed by atoms with Gasteiger partial charge in [-0.2, -0.15) is 0 Å². The quantitative estimate of drug-likeness (QED) is 0.410. The van der Waals surface area contributed by atoms with Gasteiger partial charge in [0, 0.05) is 16.2 Å². The second kappa shape index (κ2) is 10.3. The van der Waals surface area contributed by atoms with Crippen LogP contribution in [0.1, 0.15) is 20.3 Å². The number of hydrogen-bond donors (Lipinski definition) is 3. The maximum Gasteiger partial charge on any atom is 0.250 e. The minimum atomic E-state index is -1.21. The van der Waals surface area contributed by atoms with Gasteiger partial charge in [0.2, 0.25) is 17.7 Å². The standard InChI is InChI=1S/C28H32BrN3O6/c1-15(2)20(14-33)32-24(26(35)31-17-9-11-18(37-3)12-10-17)28-13-19(29)23(38-28)21(22(28)27(32)36)25(34)30-16-7-5-4-6-8-16/h4-12,15,19-24,33H,13-14H2,1-3H3,(H,30,34)(H,31,35)/t19?,20-,21+,22-,23+,24?,28?/m0/s1. The first-order valence-corrected chi connectivity index (χ1v) is 13.7. The smallest absolute Gasteiger partial charge is 0.250 e. The fraction of sp³-hybridized carbons (Fsp3) is 0.464. The third-order valence-corrected chi connectivity index (χ3v) is 8.84. The Bertz CT molecular complexity index is 1210. The molecule has 1 spiro atoms. The van der Waals surface area contributed by atoms with E-state index in [4.69, 9.17) is 9.47 Å². The maximum atomic E-state index is 14.1. The number of carbonyl (C=O) groups is 3. The van der Waals surface area contributed by atoms with Gasteiger partial charge in [0.1, 0.15) is 17.4 Å². The van der Waals surface area contributed by atoms with Gasteiger partial charge in [-0.05, 0) is 48.7 Å². The Hall–Kier alpha value is -2.95. The molecule has 9 nitrogen and oxygen atoms in total. The lowest BCUT2D eigenvalue weighted by atomic mass is 9.70. The van der Waals surface area contributed by atoms with Crippen molar-refractivity contribution < 1.29 is 29.0 Å². The number of methoxy groups -OCH3 is 1. The lowest BCUT2D eigenvalue weighted by Gasteiger charge is -2.38. The number of para-hydroxylation sites is 1. The molecule has 2 aromatic rings. The number of carbonyl (C=O) groups excluding carboxylic acids is 3. The van der Waals surface area contributed by atoms with Gasteiger partial charge in [0.15, 0.2) is 0 Å². The van der Waals surface area contributed by atoms with Crippen molar-refractivity contribution in [1.82, 2.24) is 4.90 Å². The summed E-state index contributed by atoms with van der Waals surface area (Å²) in [6.07, 6.45) is -0.186. The molecule has 3 aliphatic rings. The second-order valence-electron chi connectivity index (χ2n) is 10.5. The summed E-state index contributed by atoms with van der Waals surface area (Å²) in [6.45, 7) is 3.47. The average Bonchev–Trinajstić information content (AvgIpc) is 3.49. The van der Waals surface area contributed by atoms with E-state index in [0.29, 0.717) is 23.5 Å². The average molecular weight is 586 g/mol. The van der Waals surface area contributed by atoms with E-state index in [2.05, 4.69) is 26.6 Å². The number of benzene rings is 2. The molecule has 7 atom stereocenters. The highest BCUT2D eigenvalue weighted by atomic mass is 79.9. The Morgan fingerprint density at radius 2 is 1.74 bits per heavy atom. The van der Waals surface area contributed by atoms with Gasteiger partial charge in [-0.1, -0.05) is 48.0 Å². The summed E-state index contributed by atoms with van der Waals surface area (Å²) in [6, 6.07) is 14.3. The number of hydrogen-bond acceptors (Lipinski definition) is 6. The molecule has 38 heavy (non-hydrogen) atoms. The van der Waals surface area contributed by atoms with Crippen LogP contribution < -0.4 is 15.4 Å². The molecule has 2 aromatic carbocycles. The van der Waals surface area contributed by atoms with E-state index >= 15 is 0 Å². The number of nitrogens with one attached hydrogen (secondary N) is 2. The molecule has 2 bridgehead atoms. The van der Waals surface area contributed by atoms with E-state index in [-0.39, 0.29) is 29.2 Å². The van der Waals surface area contributed by atoms with Crippen LogP contribution in [0.3, 0.4) is 0 Å². The first-order valence-electron chi connectivity index (χ1n) is 12.8. The molecular weight excluding hydrogens is 554 g/mol. The number of nitrogens with zero attached hydrogens (tertiary/aromatic N) is 1. The lowest BCUT2D eigenvalue weighted by molar-refractivity contribution is -0.144. The Kier molecular flexibility index (Phi) is 7.23. The van der Waals surface area contributed by atoms with Crippen LogP contribution in [0, 0.1) is 17.8 Å². The van der Waals surface area contributed by atoms with Crippen LogP contribution in [-0.2, 0) is 19.1 Å². The van der Waals surface area contributed by atoms with Crippen molar-refractivity contribution >= 4 is 45.0 Å². The van der Waals surface area contributed by atoms with Crippen LogP contribution in [0.2, 0.25) is 0 Å². The zero-order valence-corrected chi connectivity index (χ0v) is 23.1. The molecule has 3 aliphatic heterocycles. The number of ether oxygens (including phenoxy) is 2. The molecule has 0 aromatic heterocycles. The molecule has 10 heteroatoms. The third-order valence-electron chi connectivity index (χ3n) is 7.99. The predicted molar refractivity (Wildman–Crippen MR) is 145 cm³/mol. The molecule has 5 rings (SSSR count). The second-order valence-corrected chi connectivity index (χ2v) is 11.7. The Morgan fingerprint density at radius 3 is 2.34 bits per heavy atom. The van der Waals surface area contributed by atoms with Gasteiger partial charge < -0.3 is 30.1 Å². The largest absolute Gasteiger partial charge is 0.497 e. The van der Waals surface area contributed by atoms with Gasteiger partial charge in [-0.25, -0.2) is 0 Å². The Labute approximate surface area is 230 Å². The van der Waals surface area contributed by atoms with Crippen LogP contribution in [0.15, 0.2) is 54.6 Å². The number of fused-ring (bicyclic) bond motifs is 1. The lowest BCUT2D eigenvalue weighted by Crippen LogP contribution is -2.57. The zero-order chi connectivity index (χ0) is 27.2. The number of halogens is 1. The topological polar surface area (TPSA) is 117 Å². The number of aliphatic hydroxyl groups is 1. The van der Waals surface area contributed by atoms with Crippen molar-refractivity contribution in [3.63, 3.8) is 0 Å². The summed E-state index contributed by atoms with van der Waals surface area (Å²) < 4.78 is 11.7. The zero-order valence-electron chi connectivity index (χ0n) is 21.5. The SMILES string of the molecule is COc1ccc(NC(=O)C2N([C@@H](CO)C(C)C)C(=O)[C@@H]3[C@@H](C(=O)Nc4ccccc4)[C@@H]4OC23CC4Br)cc1. The molecule has 3 fully saturated rings. The number of anilines is 2. The van der Waals surface area contributed by atoms with Crippen LogP contribution in [0.25, 0.3) is 0 Å².